The number of likely N-dealkylation sites (N-methyl/N-ethyl adjacent to an activating group) is 1. The van der Waals surface area contributed by atoms with Crippen molar-refractivity contribution >= 4 is 33.2 Å². The molecule has 4 saturated carbocycles. The third-order valence-corrected chi connectivity index (χ3v) is 9.89. The normalized spacial score (nSPS) is 27.1. The van der Waals surface area contributed by atoms with Crippen LogP contribution >= 0.6 is 0 Å². The molecular formula is C27H33N3O4S. The van der Waals surface area contributed by atoms with Crippen LogP contribution < -0.4 is 10.6 Å². The molecule has 0 heterocycles. The molecule has 0 spiro atoms. The van der Waals surface area contributed by atoms with E-state index in [0.29, 0.717) is 16.8 Å². The van der Waals surface area contributed by atoms with Crippen molar-refractivity contribution in [3.8, 4) is 0 Å². The van der Waals surface area contributed by atoms with Crippen molar-refractivity contribution in [2.75, 3.05) is 24.2 Å². The van der Waals surface area contributed by atoms with Crippen molar-refractivity contribution in [2.45, 2.75) is 55.8 Å². The quantitative estimate of drug-likeness (QED) is 0.596. The van der Waals surface area contributed by atoms with Gasteiger partial charge in [0.2, 0.25) is 21.8 Å². The number of nitrogens with one attached hydrogen (secondary N) is 2. The maximum Gasteiger partial charge on any atom is 0.243 e. The van der Waals surface area contributed by atoms with E-state index >= 15 is 0 Å². The maximum atomic E-state index is 12.9. The molecular weight excluding hydrogens is 462 g/mol. The van der Waals surface area contributed by atoms with Gasteiger partial charge >= 0.3 is 0 Å². The van der Waals surface area contributed by atoms with Crippen LogP contribution in [0.3, 0.4) is 0 Å². The summed E-state index contributed by atoms with van der Waals surface area (Å²) in [6, 6.07) is 14.1. The Bertz CT molecular complexity index is 1190. The Morgan fingerprint density at radius 2 is 1.34 bits per heavy atom. The highest BCUT2D eigenvalue weighted by molar-refractivity contribution is 7.89. The fourth-order valence-electron chi connectivity index (χ4n) is 6.95. The van der Waals surface area contributed by atoms with Crippen LogP contribution in [0.2, 0.25) is 0 Å². The van der Waals surface area contributed by atoms with Gasteiger partial charge in [0.15, 0.2) is 0 Å². The van der Waals surface area contributed by atoms with Gasteiger partial charge in [-0.3, -0.25) is 9.59 Å². The molecule has 8 heteroatoms. The van der Waals surface area contributed by atoms with Gasteiger partial charge in [0.1, 0.15) is 0 Å². The lowest BCUT2D eigenvalue weighted by Crippen LogP contribution is -2.48. The molecule has 2 N–H and O–H groups in total. The molecule has 0 aromatic heterocycles. The van der Waals surface area contributed by atoms with E-state index in [-0.39, 0.29) is 17.3 Å². The number of amides is 2. The summed E-state index contributed by atoms with van der Waals surface area (Å²) in [6.45, 7) is 1.08. The van der Waals surface area contributed by atoms with E-state index in [1.165, 1.54) is 82.3 Å². The van der Waals surface area contributed by atoms with Crippen LogP contribution in [0.15, 0.2) is 53.4 Å². The Morgan fingerprint density at radius 3 is 1.86 bits per heavy atom. The molecule has 0 saturated heterocycles. The molecule has 2 aromatic carbocycles. The zero-order valence-corrected chi connectivity index (χ0v) is 21.1. The zero-order valence-electron chi connectivity index (χ0n) is 20.3. The van der Waals surface area contributed by atoms with E-state index in [2.05, 4.69) is 22.8 Å². The first-order chi connectivity index (χ1) is 16.6. The maximum absolute atomic E-state index is 12.9. The molecule has 2 amide bonds. The minimum atomic E-state index is -3.84. The summed E-state index contributed by atoms with van der Waals surface area (Å²) >= 11 is 0. The van der Waals surface area contributed by atoms with Crippen LogP contribution in [0, 0.1) is 17.8 Å². The second-order valence-corrected chi connectivity index (χ2v) is 12.8. The van der Waals surface area contributed by atoms with Crippen LogP contribution in [-0.4, -0.2) is 38.1 Å². The van der Waals surface area contributed by atoms with Gasteiger partial charge in [0.05, 0.1) is 11.4 Å². The van der Waals surface area contributed by atoms with Gasteiger partial charge in [-0.25, -0.2) is 8.42 Å². The lowest BCUT2D eigenvalue weighted by molar-refractivity contribution is -0.116. The minimum absolute atomic E-state index is 0.0572. The topological polar surface area (TPSA) is 95.6 Å². The Kier molecular flexibility index (Phi) is 6.21. The van der Waals surface area contributed by atoms with Crippen molar-refractivity contribution in [3.63, 3.8) is 0 Å². The highest BCUT2D eigenvalue weighted by atomic mass is 32.2. The Hall–Kier alpha value is -2.71. The Labute approximate surface area is 207 Å². The van der Waals surface area contributed by atoms with E-state index in [4.69, 9.17) is 0 Å². The van der Waals surface area contributed by atoms with Crippen molar-refractivity contribution in [2.24, 2.45) is 17.8 Å². The van der Waals surface area contributed by atoms with E-state index in [1.54, 1.807) is 0 Å². The zero-order chi connectivity index (χ0) is 24.8. The predicted molar refractivity (Wildman–Crippen MR) is 135 cm³/mol. The molecule has 0 radical (unpaired) electrons. The average molecular weight is 496 g/mol. The van der Waals surface area contributed by atoms with Gasteiger partial charge in [-0.1, -0.05) is 12.1 Å². The Balaban J connectivity index is 1.20. The second kappa shape index (κ2) is 9.06. The smallest absolute Gasteiger partial charge is 0.243 e. The number of carbonyl (C=O) groups is 2. The fraction of sp³-hybridized carbons (Fsp3) is 0.481. The van der Waals surface area contributed by atoms with E-state index < -0.39 is 15.9 Å². The number of rotatable bonds is 7. The van der Waals surface area contributed by atoms with E-state index in [0.717, 1.165) is 22.1 Å². The first-order valence-electron chi connectivity index (χ1n) is 12.4. The molecule has 4 aliphatic carbocycles. The molecule has 7 nitrogen and oxygen atoms in total. The lowest BCUT2D eigenvalue weighted by Gasteiger charge is -2.57. The third-order valence-electron chi connectivity index (χ3n) is 8.07. The van der Waals surface area contributed by atoms with Crippen molar-refractivity contribution in [1.29, 1.82) is 0 Å². The second-order valence-electron chi connectivity index (χ2n) is 10.8. The number of carbonyl (C=O) groups excluding carboxylic acids is 2. The molecule has 4 fully saturated rings. The summed E-state index contributed by atoms with van der Waals surface area (Å²) in [5, 5.41) is 5.44. The molecule has 6 rings (SSSR count). The molecule has 186 valence electrons. The molecule has 2 aromatic rings. The lowest BCUT2D eigenvalue weighted by atomic mass is 9.48. The van der Waals surface area contributed by atoms with Gasteiger partial charge in [-0.15, -0.1) is 0 Å². The summed E-state index contributed by atoms with van der Waals surface area (Å²) < 4.78 is 26.8. The summed E-state index contributed by atoms with van der Waals surface area (Å²) in [5.74, 6) is 1.99. The molecule has 35 heavy (non-hydrogen) atoms. The molecule has 4 bridgehead atoms. The molecule has 0 unspecified atom stereocenters. The van der Waals surface area contributed by atoms with Gasteiger partial charge in [-0.2, -0.15) is 4.31 Å². The first kappa shape index (κ1) is 24.0. The highest BCUT2D eigenvalue weighted by Crippen LogP contribution is 2.60. The number of benzene rings is 2. The minimum Gasteiger partial charge on any atom is -0.326 e. The van der Waals surface area contributed by atoms with Crippen LogP contribution in [0.5, 0.6) is 0 Å². The number of sulfonamides is 1. The van der Waals surface area contributed by atoms with Gasteiger partial charge in [0.25, 0.3) is 0 Å². The number of hydrogen-bond acceptors (Lipinski definition) is 4. The van der Waals surface area contributed by atoms with Gasteiger partial charge in [-0.05, 0) is 104 Å². The molecule has 4 aliphatic rings. The molecule has 0 atom stereocenters. The first-order valence-corrected chi connectivity index (χ1v) is 13.8. The largest absolute Gasteiger partial charge is 0.326 e. The van der Waals surface area contributed by atoms with Crippen LogP contribution in [-0.2, 0) is 25.0 Å². The Morgan fingerprint density at radius 1 is 0.857 bits per heavy atom. The average Bonchev–Trinajstić information content (AvgIpc) is 2.78. The number of anilines is 2. The molecule has 0 aliphatic heterocycles. The van der Waals surface area contributed by atoms with Crippen LogP contribution in [0.1, 0.15) is 51.0 Å². The van der Waals surface area contributed by atoms with E-state index in [9.17, 15) is 18.0 Å². The van der Waals surface area contributed by atoms with Crippen molar-refractivity contribution < 1.29 is 18.0 Å². The fourth-order valence-corrected chi connectivity index (χ4v) is 8.08. The predicted octanol–water partition coefficient (Wildman–Crippen LogP) is 4.37. The van der Waals surface area contributed by atoms with Crippen LogP contribution in [0.4, 0.5) is 11.4 Å². The van der Waals surface area contributed by atoms with Gasteiger partial charge in [0, 0.05) is 25.3 Å². The summed E-state index contributed by atoms with van der Waals surface area (Å²) in [6.07, 6.45) is 8.09. The summed E-state index contributed by atoms with van der Waals surface area (Å²) in [7, 11) is -2.46. The summed E-state index contributed by atoms with van der Waals surface area (Å²) in [4.78, 5) is 23.8. The monoisotopic (exact) mass is 495 g/mol. The van der Waals surface area contributed by atoms with E-state index in [1.807, 2.05) is 12.1 Å². The van der Waals surface area contributed by atoms with Crippen LogP contribution in [0.25, 0.3) is 0 Å². The summed E-state index contributed by atoms with van der Waals surface area (Å²) in [5.41, 5.74) is 2.88. The number of hydrogen-bond donors (Lipinski definition) is 2. The number of nitrogens with zero attached hydrogens (tertiary/aromatic N) is 1. The van der Waals surface area contributed by atoms with Gasteiger partial charge < -0.3 is 10.6 Å². The van der Waals surface area contributed by atoms with Crippen molar-refractivity contribution in [3.05, 3.63) is 54.1 Å². The van der Waals surface area contributed by atoms with Crippen molar-refractivity contribution in [1.82, 2.24) is 4.31 Å². The highest BCUT2D eigenvalue weighted by Gasteiger charge is 2.51. The third kappa shape index (κ3) is 4.86. The standard InChI is InChI=1S/C27H33N3O4S/c1-18(31)28-23-7-9-25(10-8-23)35(33,34)30(2)17-26(32)29-24-5-3-22(4-6-24)27-14-19-11-20(15-27)13-21(12-19)16-27/h3-10,19-21H,11-17H2,1-2H3,(H,28,31)(H,29,32). The SMILES string of the molecule is CC(=O)Nc1ccc(S(=O)(=O)N(C)CC(=O)Nc2ccc(C34CC5CC(CC(C5)C3)C4)cc2)cc1.